The third-order valence-corrected chi connectivity index (χ3v) is 3.89. The summed E-state index contributed by atoms with van der Waals surface area (Å²) in [7, 11) is 3.24. The van der Waals surface area contributed by atoms with Crippen LogP contribution in [0.15, 0.2) is 48.5 Å². The normalized spacial score (nSPS) is 10.1. The van der Waals surface area contributed by atoms with Gasteiger partial charge in [-0.3, -0.25) is 4.79 Å². The second-order valence-corrected chi connectivity index (χ2v) is 5.13. The zero-order valence-electron chi connectivity index (χ0n) is 12.8. The summed E-state index contributed by atoms with van der Waals surface area (Å²) in [6.07, 6.45) is 0. The smallest absolute Gasteiger partial charge is 1.00 e. The van der Waals surface area contributed by atoms with Gasteiger partial charge in [-0.1, -0.05) is 30.3 Å². The van der Waals surface area contributed by atoms with Crippen LogP contribution >= 0.6 is 8.58 Å². The van der Waals surface area contributed by atoms with E-state index < -0.39 is 0 Å². The second kappa shape index (κ2) is 8.12. The first-order chi connectivity index (χ1) is 9.24. The van der Waals surface area contributed by atoms with E-state index in [1.807, 2.05) is 42.5 Å². The van der Waals surface area contributed by atoms with E-state index >= 15 is 0 Å². The third-order valence-electron chi connectivity index (χ3n) is 2.69. The van der Waals surface area contributed by atoms with Crippen LogP contribution in [0.4, 0.5) is 0 Å². The Morgan fingerprint density at radius 2 is 1.75 bits per heavy atom. The van der Waals surface area contributed by atoms with Gasteiger partial charge in [0.15, 0.2) is 5.52 Å². The van der Waals surface area contributed by atoms with Gasteiger partial charge >= 0.3 is 18.9 Å². The molecule has 0 amide bonds. The second-order valence-electron chi connectivity index (χ2n) is 3.89. The molecule has 0 aliphatic carbocycles. The van der Waals surface area contributed by atoms with Crippen molar-refractivity contribution >= 4 is 19.4 Å². The predicted molar refractivity (Wildman–Crippen MR) is 79.4 cm³/mol. The van der Waals surface area contributed by atoms with Gasteiger partial charge in [0.1, 0.15) is 11.5 Å². The largest absolute Gasteiger partial charge is 1.00 e. The maximum Gasteiger partial charge on any atom is 1.00 e. The monoisotopic (exact) mass is 282 g/mol. The molecule has 100 valence electrons. The van der Waals surface area contributed by atoms with Gasteiger partial charge in [0.05, 0.1) is 14.2 Å². The first-order valence-corrected chi connectivity index (χ1v) is 6.83. The maximum absolute atomic E-state index is 12.2. The number of ether oxygens (including phenoxy) is 2. The van der Waals surface area contributed by atoms with Gasteiger partial charge in [0.2, 0.25) is 0 Å². The van der Waals surface area contributed by atoms with Gasteiger partial charge in [0.25, 0.3) is 0 Å². The molecule has 2 aromatic rings. The van der Waals surface area contributed by atoms with Crippen LogP contribution in [0.2, 0.25) is 0 Å². The summed E-state index contributed by atoms with van der Waals surface area (Å²) in [5, 5.41) is 0.886. The van der Waals surface area contributed by atoms with Crippen LogP contribution in [0.25, 0.3) is 0 Å². The number of hydrogen-bond acceptors (Lipinski definition) is 3. The van der Waals surface area contributed by atoms with E-state index in [0.717, 1.165) is 16.6 Å². The quantitative estimate of drug-likeness (QED) is 0.570. The Kier molecular flexibility index (Phi) is 6.82. The van der Waals surface area contributed by atoms with Gasteiger partial charge in [0, 0.05) is 16.9 Å². The summed E-state index contributed by atoms with van der Waals surface area (Å²) in [6.45, 7) is 0. The van der Waals surface area contributed by atoms with Crippen LogP contribution in [-0.4, -0.2) is 19.7 Å². The molecule has 0 aliphatic heterocycles. The van der Waals surface area contributed by atoms with E-state index in [2.05, 4.69) is 0 Å². The predicted octanol–water partition coefficient (Wildman–Crippen LogP) is -0.0355. The van der Waals surface area contributed by atoms with Crippen LogP contribution in [0.5, 0.6) is 11.5 Å². The van der Waals surface area contributed by atoms with Crippen LogP contribution in [0, 0.1) is 0 Å². The Labute approximate surface area is 134 Å². The van der Waals surface area contributed by atoms with Crippen LogP contribution in [0.1, 0.15) is 11.8 Å². The molecule has 5 heteroatoms. The Morgan fingerprint density at radius 3 is 2.35 bits per heavy atom. The Balaban J connectivity index is 0.00000200. The van der Waals surface area contributed by atoms with Crippen molar-refractivity contribution in [1.29, 1.82) is 0 Å². The average Bonchev–Trinajstić information content (AvgIpc) is 2.48. The van der Waals surface area contributed by atoms with Crippen molar-refractivity contribution in [2.45, 2.75) is 0 Å². The molecule has 0 heterocycles. The summed E-state index contributed by atoms with van der Waals surface area (Å²) < 4.78 is 10.4. The standard InChI is InChI=1S/C15H15O3P.Li.H/c1-17-12-8-9-14(13(10-12)18-2)19-15(16)11-6-4-3-5-7-11;;/h3-10,19H,1-2H3;;/q;+1;-1. The zero-order valence-corrected chi connectivity index (χ0v) is 12.8. The number of methoxy groups -OCH3 is 2. The molecule has 0 aliphatic rings. The molecule has 0 fully saturated rings. The van der Waals surface area contributed by atoms with E-state index in [-0.39, 0.29) is 34.4 Å². The maximum atomic E-state index is 12.2. The molecule has 2 aromatic carbocycles. The summed E-state index contributed by atoms with van der Waals surface area (Å²) in [5.74, 6) is 1.40. The molecule has 0 saturated heterocycles. The zero-order chi connectivity index (χ0) is 13.7. The van der Waals surface area contributed by atoms with Crippen molar-refractivity contribution in [1.82, 2.24) is 0 Å². The minimum absolute atomic E-state index is 0. The van der Waals surface area contributed by atoms with Gasteiger partial charge in [-0.05, 0) is 20.7 Å². The average molecular weight is 282 g/mol. The van der Waals surface area contributed by atoms with Gasteiger partial charge < -0.3 is 10.9 Å². The molecule has 3 nitrogen and oxygen atoms in total. The van der Waals surface area contributed by atoms with E-state index in [1.165, 1.54) is 0 Å². The molecule has 0 saturated carbocycles. The van der Waals surface area contributed by atoms with Crippen LogP contribution < -0.4 is 33.6 Å². The Bertz CT molecular complexity index is 578. The van der Waals surface area contributed by atoms with E-state index in [9.17, 15) is 4.79 Å². The van der Waals surface area contributed by atoms with E-state index in [1.54, 1.807) is 20.3 Å². The fourth-order valence-electron chi connectivity index (χ4n) is 1.69. The first-order valence-electron chi connectivity index (χ1n) is 5.83. The molecular formula is C15H16LiO3P. The minimum atomic E-state index is 0. The molecule has 0 spiro atoms. The van der Waals surface area contributed by atoms with Gasteiger partial charge in [-0.25, -0.2) is 0 Å². The number of hydrogen-bond donors (Lipinski definition) is 0. The number of benzene rings is 2. The molecule has 0 bridgehead atoms. The van der Waals surface area contributed by atoms with Crippen molar-refractivity contribution in [3.63, 3.8) is 0 Å². The summed E-state index contributed by atoms with van der Waals surface area (Å²) in [4.78, 5) is 12.2. The fourth-order valence-corrected chi connectivity index (χ4v) is 2.71. The SMILES string of the molecule is COc1ccc(PC(=O)c2ccccc2)c(OC)c1.[H-].[Li+]. The molecule has 1 unspecified atom stereocenters. The summed E-state index contributed by atoms with van der Waals surface area (Å²) >= 11 is 0. The summed E-state index contributed by atoms with van der Waals surface area (Å²) in [6, 6.07) is 14.8. The molecule has 0 N–H and O–H groups in total. The van der Waals surface area contributed by atoms with Crippen LogP contribution in [-0.2, 0) is 0 Å². The molecule has 0 radical (unpaired) electrons. The van der Waals surface area contributed by atoms with Crippen LogP contribution in [0.3, 0.4) is 0 Å². The number of carbonyl (C=O) groups excluding carboxylic acids is 1. The number of rotatable bonds is 5. The Morgan fingerprint density at radius 1 is 1.05 bits per heavy atom. The molecule has 1 atom stereocenters. The third kappa shape index (κ3) is 4.12. The van der Waals surface area contributed by atoms with Crippen molar-refractivity contribution in [2.24, 2.45) is 0 Å². The number of carbonyl (C=O) groups is 1. The van der Waals surface area contributed by atoms with Crippen molar-refractivity contribution in [3.05, 3.63) is 54.1 Å². The van der Waals surface area contributed by atoms with Gasteiger partial charge in [-0.15, -0.1) is 0 Å². The molecular weight excluding hydrogens is 266 g/mol. The topological polar surface area (TPSA) is 35.5 Å². The minimum Gasteiger partial charge on any atom is -1.00 e. The van der Waals surface area contributed by atoms with E-state index in [0.29, 0.717) is 5.75 Å². The molecule has 0 aromatic heterocycles. The molecule has 20 heavy (non-hydrogen) atoms. The molecule has 2 rings (SSSR count). The first kappa shape index (κ1) is 16.8. The van der Waals surface area contributed by atoms with Crippen molar-refractivity contribution in [2.75, 3.05) is 14.2 Å². The van der Waals surface area contributed by atoms with Crippen molar-refractivity contribution in [3.8, 4) is 11.5 Å². The Hall–Kier alpha value is -1.26. The van der Waals surface area contributed by atoms with Gasteiger partial charge in [-0.2, -0.15) is 0 Å². The fraction of sp³-hybridized carbons (Fsp3) is 0.133. The van der Waals surface area contributed by atoms with Crippen molar-refractivity contribution < 1.29 is 34.6 Å². The van der Waals surface area contributed by atoms with E-state index in [4.69, 9.17) is 9.47 Å². The summed E-state index contributed by atoms with van der Waals surface area (Å²) in [5.41, 5.74) is 0.822.